The molecule has 3 heteroatoms. The van der Waals surface area contributed by atoms with Crippen LogP contribution in [0, 0.1) is 0 Å². The molecule has 4 radical (unpaired) electrons. The van der Waals surface area contributed by atoms with E-state index >= 15 is 0 Å². The molecule has 0 unspecified atom stereocenters. The first-order valence-corrected chi connectivity index (χ1v) is 7.84. The summed E-state index contributed by atoms with van der Waals surface area (Å²) < 4.78 is 0. The van der Waals surface area contributed by atoms with Gasteiger partial charge in [0.1, 0.15) is 15.7 Å². The van der Waals surface area contributed by atoms with Gasteiger partial charge in [-0.05, 0) is 60.4 Å². The normalized spacial score (nSPS) is 12.3. The number of rotatable bonds is 3. The lowest BCUT2D eigenvalue weighted by Gasteiger charge is -2.28. The molecule has 4 rings (SSSR count). The maximum Gasteiger partial charge on any atom is 0.113 e. The molecule has 0 N–H and O–H groups in total. The van der Waals surface area contributed by atoms with Crippen LogP contribution >= 0.6 is 0 Å². The lowest BCUT2D eigenvalue weighted by atomic mass is 9.88. The molecule has 0 aromatic heterocycles. The van der Waals surface area contributed by atoms with Crippen molar-refractivity contribution in [1.29, 1.82) is 0 Å². The van der Waals surface area contributed by atoms with E-state index in [9.17, 15) is 0 Å². The first kappa shape index (κ1) is 14.2. The second-order valence-electron chi connectivity index (χ2n) is 5.97. The van der Waals surface area contributed by atoms with Gasteiger partial charge in [0.15, 0.2) is 0 Å². The zero-order valence-corrected chi connectivity index (χ0v) is 12.9. The zero-order chi connectivity index (χ0) is 15.8. The molecule has 0 saturated heterocycles. The number of anilines is 3. The molecule has 1 aliphatic carbocycles. The molecule has 0 saturated carbocycles. The molecule has 0 atom stereocenters. The van der Waals surface area contributed by atoms with Crippen molar-refractivity contribution < 1.29 is 0 Å². The summed E-state index contributed by atoms with van der Waals surface area (Å²) in [5.74, 6) is 0. The third-order valence-electron chi connectivity index (χ3n) is 4.41. The number of benzene rings is 3. The van der Waals surface area contributed by atoms with E-state index in [2.05, 4.69) is 23.1 Å². The largest absolute Gasteiger partial charge is 0.310 e. The van der Waals surface area contributed by atoms with Gasteiger partial charge in [-0.1, -0.05) is 41.3 Å². The van der Waals surface area contributed by atoms with Gasteiger partial charge in [-0.25, -0.2) is 0 Å². The Kier molecular flexibility index (Phi) is 3.49. The predicted molar refractivity (Wildman–Crippen MR) is 99.3 cm³/mol. The van der Waals surface area contributed by atoms with Gasteiger partial charge in [-0.15, -0.1) is 0 Å². The molecule has 23 heavy (non-hydrogen) atoms. The molecule has 0 bridgehead atoms. The summed E-state index contributed by atoms with van der Waals surface area (Å²) in [6.07, 6.45) is 2.36. The van der Waals surface area contributed by atoms with Gasteiger partial charge in [0.25, 0.3) is 0 Å². The lowest BCUT2D eigenvalue weighted by Crippen LogP contribution is -2.15. The van der Waals surface area contributed by atoms with E-state index in [4.69, 9.17) is 15.7 Å². The van der Waals surface area contributed by atoms with E-state index in [1.807, 2.05) is 48.5 Å². The van der Waals surface area contributed by atoms with Crippen LogP contribution in [0.4, 0.5) is 17.1 Å². The molecule has 1 aliphatic rings. The quantitative estimate of drug-likeness (QED) is 0.671. The summed E-state index contributed by atoms with van der Waals surface area (Å²) in [7, 11) is 11.7. The summed E-state index contributed by atoms with van der Waals surface area (Å²) in [5.41, 5.74) is 7.78. The Morgan fingerprint density at radius 3 is 1.48 bits per heavy atom. The van der Waals surface area contributed by atoms with Crippen molar-refractivity contribution >= 4 is 43.7 Å². The van der Waals surface area contributed by atoms with E-state index < -0.39 is 0 Å². The van der Waals surface area contributed by atoms with E-state index in [1.54, 1.807) is 0 Å². The number of hydrogen-bond acceptors (Lipinski definition) is 1. The Hall–Kier alpha value is -2.41. The highest BCUT2D eigenvalue weighted by Crippen LogP contribution is 2.36. The lowest BCUT2D eigenvalue weighted by molar-refractivity contribution is 0.839. The van der Waals surface area contributed by atoms with Crippen LogP contribution in [-0.4, -0.2) is 15.7 Å². The van der Waals surface area contributed by atoms with Crippen LogP contribution < -0.4 is 15.8 Å². The van der Waals surface area contributed by atoms with Crippen molar-refractivity contribution in [1.82, 2.24) is 0 Å². The summed E-state index contributed by atoms with van der Waals surface area (Å²) in [6.45, 7) is 0. The fourth-order valence-electron chi connectivity index (χ4n) is 3.01. The van der Waals surface area contributed by atoms with Crippen LogP contribution in [0.2, 0.25) is 0 Å². The minimum atomic E-state index is 0.767. The summed E-state index contributed by atoms with van der Waals surface area (Å²) >= 11 is 0. The molecule has 3 aromatic rings. The van der Waals surface area contributed by atoms with Crippen molar-refractivity contribution in [2.45, 2.75) is 12.8 Å². The maximum atomic E-state index is 5.84. The van der Waals surface area contributed by atoms with Gasteiger partial charge in [-0.3, -0.25) is 0 Å². The Morgan fingerprint density at radius 2 is 1.04 bits per heavy atom. The van der Waals surface area contributed by atoms with Crippen LogP contribution in [0.1, 0.15) is 11.1 Å². The highest BCUT2D eigenvalue weighted by Gasteiger charge is 2.17. The molecular weight excluding hydrogens is 276 g/mol. The molecular formula is C20H15B2N. The number of nitrogens with zero attached hydrogens (tertiary/aromatic N) is 1. The Morgan fingerprint density at radius 1 is 0.565 bits per heavy atom. The number of hydrogen-bond donors (Lipinski definition) is 0. The van der Waals surface area contributed by atoms with Gasteiger partial charge in [0.05, 0.1) is 0 Å². The maximum absolute atomic E-state index is 5.84. The molecule has 0 fully saturated rings. The summed E-state index contributed by atoms with van der Waals surface area (Å²) in [4.78, 5) is 2.23. The molecule has 1 nitrogen and oxygen atoms in total. The summed E-state index contributed by atoms with van der Waals surface area (Å²) in [5, 5.41) is 0. The first-order chi connectivity index (χ1) is 11.2. The second kappa shape index (κ2) is 5.66. The fraction of sp³-hybridized carbons (Fsp3) is 0.100. The predicted octanol–water partition coefficient (Wildman–Crippen LogP) is 2.84. The molecule has 0 aliphatic heterocycles. The highest BCUT2D eigenvalue weighted by atomic mass is 15.1. The Bertz CT molecular complexity index is 793. The van der Waals surface area contributed by atoms with Crippen molar-refractivity contribution in [3.63, 3.8) is 0 Å². The topological polar surface area (TPSA) is 3.24 Å². The molecule has 0 heterocycles. The molecule has 3 aromatic carbocycles. The monoisotopic (exact) mass is 291 g/mol. The van der Waals surface area contributed by atoms with Gasteiger partial charge in [0.2, 0.25) is 0 Å². The third kappa shape index (κ3) is 2.68. The van der Waals surface area contributed by atoms with Crippen LogP contribution in [-0.2, 0) is 12.8 Å². The number of fused-ring (bicyclic) bond motifs is 1. The standard InChI is InChI=1S/C20H15B2N/c21-16-4-9-18(10-5-16)23(19-11-6-17(22)7-12-19)20-8-3-14-1-2-15(14)13-20/h3-13H,1-2H2. The van der Waals surface area contributed by atoms with Gasteiger partial charge >= 0.3 is 0 Å². The van der Waals surface area contributed by atoms with E-state index in [0.29, 0.717) is 0 Å². The van der Waals surface area contributed by atoms with E-state index in [1.165, 1.54) is 24.0 Å². The highest BCUT2D eigenvalue weighted by molar-refractivity contribution is 6.32. The van der Waals surface area contributed by atoms with Gasteiger partial charge in [0, 0.05) is 17.1 Å². The fourth-order valence-corrected chi connectivity index (χ4v) is 3.01. The number of aryl methyl sites for hydroxylation is 2. The third-order valence-corrected chi connectivity index (χ3v) is 4.41. The van der Waals surface area contributed by atoms with Crippen LogP contribution in [0.5, 0.6) is 0 Å². The van der Waals surface area contributed by atoms with Crippen LogP contribution in [0.3, 0.4) is 0 Å². The van der Waals surface area contributed by atoms with Crippen LogP contribution in [0.15, 0.2) is 66.7 Å². The summed E-state index contributed by atoms with van der Waals surface area (Å²) in [6, 6.07) is 22.6. The smallest absolute Gasteiger partial charge is 0.113 e. The van der Waals surface area contributed by atoms with Gasteiger partial charge < -0.3 is 4.90 Å². The van der Waals surface area contributed by atoms with E-state index in [0.717, 1.165) is 28.0 Å². The molecule has 0 spiro atoms. The Balaban J connectivity index is 1.83. The molecule has 0 amide bonds. The SMILES string of the molecule is [B]c1ccc(N(c2ccc([B])cc2)c2ccc3c(c2)CC3)cc1. The van der Waals surface area contributed by atoms with Gasteiger partial charge in [-0.2, -0.15) is 0 Å². The minimum absolute atomic E-state index is 0.767. The average Bonchev–Trinajstić information content (AvgIpc) is 2.53. The van der Waals surface area contributed by atoms with E-state index in [-0.39, 0.29) is 0 Å². The minimum Gasteiger partial charge on any atom is -0.310 e. The Labute approximate surface area is 139 Å². The van der Waals surface area contributed by atoms with Crippen LogP contribution in [0.25, 0.3) is 0 Å². The van der Waals surface area contributed by atoms with Crippen molar-refractivity contribution in [3.8, 4) is 0 Å². The van der Waals surface area contributed by atoms with Crippen molar-refractivity contribution in [2.24, 2.45) is 0 Å². The first-order valence-electron chi connectivity index (χ1n) is 7.84. The zero-order valence-electron chi connectivity index (χ0n) is 12.9. The van der Waals surface area contributed by atoms with Crippen molar-refractivity contribution in [3.05, 3.63) is 77.9 Å². The van der Waals surface area contributed by atoms with Crippen molar-refractivity contribution in [2.75, 3.05) is 4.90 Å². The average molecular weight is 291 g/mol. The second-order valence-corrected chi connectivity index (χ2v) is 5.97. The molecule has 106 valence electrons.